The summed E-state index contributed by atoms with van der Waals surface area (Å²) in [4.78, 5) is 14.2. The van der Waals surface area contributed by atoms with Crippen LogP contribution in [-0.4, -0.2) is 36.0 Å². The summed E-state index contributed by atoms with van der Waals surface area (Å²) >= 11 is 0. The smallest absolute Gasteiger partial charge is 0.263 e. The molecule has 0 spiro atoms. The van der Waals surface area contributed by atoms with Crippen LogP contribution in [0.25, 0.3) is 0 Å². The highest BCUT2D eigenvalue weighted by atomic mass is 35.5. The fourth-order valence-electron chi connectivity index (χ4n) is 2.56. The van der Waals surface area contributed by atoms with Crippen molar-refractivity contribution in [1.29, 1.82) is 0 Å². The molecule has 2 unspecified atom stereocenters. The lowest BCUT2D eigenvalue weighted by atomic mass is 10.0. The molecule has 0 aliphatic carbocycles. The first-order valence-electron chi connectivity index (χ1n) is 7.04. The lowest BCUT2D eigenvalue weighted by Crippen LogP contribution is -2.51. The largest absolute Gasteiger partial charge is 0.481 e. The summed E-state index contributed by atoms with van der Waals surface area (Å²) in [5.41, 5.74) is 5.72. The molecule has 1 aromatic carbocycles. The van der Waals surface area contributed by atoms with Gasteiger partial charge in [-0.2, -0.15) is 0 Å². The van der Waals surface area contributed by atoms with Crippen molar-refractivity contribution in [2.24, 2.45) is 5.73 Å². The summed E-state index contributed by atoms with van der Waals surface area (Å²) in [7, 11) is 0. The number of nitrogens with zero attached hydrogens (tertiary/aromatic N) is 1. The van der Waals surface area contributed by atoms with Crippen LogP contribution in [0.15, 0.2) is 24.3 Å². The Balaban J connectivity index is 0.00000220. The van der Waals surface area contributed by atoms with Crippen molar-refractivity contribution in [3.63, 3.8) is 0 Å². The van der Waals surface area contributed by atoms with Gasteiger partial charge >= 0.3 is 0 Å². The lowest BCUT2D eigenvalue weighted by molar-refractivity contribution is -0.141. The molecule has 1 aromatic rings. The molecule has 0 radical (unpaired) electrons. The molecular formula is C15H22ClFN2O2. The molecule has 0 aromatic heterocycles. The molecule has 0 saturated carbocycles. The highest BCUT2D eigenvalue weighted by molar-refractivity contribution is 5.85. The molecule has 1 aliphatic heterocycles. The van der Waals surface area contributed by atoms with E-state index in [4.69, 9.17) is 10.5 Å². The zero-order valence-electron chi connectivity index (χ0n) is 12.1. The molecule has 2 rings (SSSR count). The second-order valence-electron chi connectivity index (χ2n) is 5.13. The van der Waals surface area contributed by atoms with Crippen LogP contribution in [0.3, 0.4) is 0 Å². The summed E-state index contributed by atoms with van der Waals surface area (Å²) in [5, 5.41) is 0. The number of ether oxygens (including phenoxy) is 1. The van der Waals surface area contributed by atoms with E-state index in [9.17, 15) is 9.18 Å². The minimum atomic E-state index is -0.635. The predicted molar refractivity (Wildman–Crippen MR) is 82.1 cm³/mol. The highest BCUT2D eigenvalue weighted by Crippen LogP contribution is 2.19. The third-order valence-corrected chi connectivity index (χ3v) is 3.64. The van der Waals surface area contributed by atoms with E-state index < -0.39 is 6.10 Å². The maximum atomic E-state index is 13.1. The average Bonchev–Trinajstić information content (AvgIpc) is 2.46. The number of piperidine rings is 1. The molecule has 1 saturated heterocycles. The van der Waals surface area contributed by atoms with Crippen LogP contribution in [0.1, 0.15) is 26.2 Å². The zero-order chi connectivity index (χ0) is 14.5. The van der Waals surface area contributed by atoms with E-state index in [2.05, 4.69) is 0 Å². The number of carbonyl (C=O) groups is 1. The molecule has 1 fully saturated rings. The Labute approximate surface area is 130 Å². The standard InChI is InChI=1S/C15H21FN2O2.ClH/c1-11(20-14-7-4-5-12(16)9-14)15(19)18-8-3-2-6-13(18)10-17;/h4-5,7,9,11,13H,2-3,6,8,10,17H2,1H3;1H. The number of amides is 1. The van der Waals surface area contributed by atoms with Gasteiger partial charge in [-0.1, -0.05) is 6.07 Å². The number of halogens is 2. The first-order valence-corrected chi connectivity index (χ1v) is 7.04. The van der Waals surface area contributed by atoms with E-state index >= 15 is 0 Å². The monoisotopic (exact) mass is 316 g/mol. The Bertz CT molecular complexity index is 473. The zero-order valence-corrected chi connectivity index (χ0v) is 12.9. The molecule has 1 heterocycles. The van der Waals surface area contributed by atoms with Crippen molar-refractivity contribution in [3.8, 4) is 5.75 Å². The summed E-state index contributed by atoms with van der Waals surface area (Å²) in [5.74, 6) is -0.0866. The van der Waals surface area contributed by atoms with Crippen molar-refractivity contribution in [2.45, 2.75) is 38.3 Å². The average molecular weight is 317 g/mol. The van der Waals surface area contributed by atoms with E-state index in [1.54, 1.807) is 24.0 Å². The lowest BCUT2D eigenvalue weighted by Gasteiger charge is -2.36. The van der Waals surface area contributed by atoms with Gasteiger partial charge in [0.15, 0.2) is 6.10 Å². The van der Waals surface area contributed by atoms with Crippen LogP contribution < -0.4 is 10.5 Å². The van der Waals surface area contributed by atoms with E-state index in [1.807, 2.05) is 0 Å². The Morgan fingerprint density at radius 1 is 1.52 bits per heavy atom. The number of nitrogens with two attached hydrogens (primary N) is 1. The second-order valence-corrected chi connectivity index (χ2v) is 5.13. The Morgan fingerprint density at radius 2 is 2.29 bits per heavy atom. The Morgan fingerprint density at radius 3 is 2.95 bits per heavy atom. The van der Waals surface area contributed by atoms with Crippen LogP contribution in [0, 0.1) is 5.82 Å². The number of hydrogen-bond acceptors (Lipinski definition) is 3. The maximum absolute atomic E-state index is 13.1. The Hall–Kier alpha value is -1.33. The molecule has 1 aliphatic rings. The number of likely N-dealkylation sites (tertiary alicyclic amines) is 1. The molecule has 1 amide bonds. The number of benzene rings is 1. The minimum absolute atomic E-state index is 0. The summed E-state index contributed by atoms with van der Waals surface area (Å²) in [6.07, 6.45) is 2.40. The van der Waals surface area contributed by atoms with Gasteiger partial charge in [0.05, 0.1) is 0 Å². The van der Waals surface area contributed by atoms with Gasteiger partial charge in [0, 0.05) is 25.2 Å². The van der Waals surface area contributed by atoms with Gasteiger partial charge in [0.1, 0.15) is 11.6 Å². The van der Waals surface area contributed by atoms with Gasteiger partial charge in [0.2, 0.25) is 0 Å². The van der Waals surface area contributed by atoms with Gasteiger partial charge in [-0.25, -0.2) is 4.39 Å². The fraction of sp³-hybridized carbons (Fsp3) is 0.533. The molecular weight excluding hydrogens is 295 g/mol. The van der Waals surface area contributed by atoms with Gasteiger partial charge in [-0.15, -0.1) is 12.4 Å². The van der Waals surface area contributed by atoms with Crippen LogP contribution in [0.2, 0.25) is 0 Å². The number of hydrogen-bond donors (Lipinski definition) is 1. The van der Waals surface area contributed by atoms with Gasteiger partial charge in [0.25, 0.3) is 5.91 Å². The van der Waals surface area contributed by atoms with Crippen molar-refractivity contribution >= 4 is 18.3 Å². The van der Waals surface area contributed by atoms with Crippen LogP contribution in [0.4, 0.5) is 4.39 Å². The van der Waals surface area contributed by atoms with Gasteiger partial charge < -0.3 is 15.4 Å². The molecule has 6 heteroatoms. The first kappa shape index (κ1) is 17.7. The molecule has 21 heavy (non-hydrogen) atoms. The summed E-state index contributed by atoms with van der Waals surface area (Å²) in [6.45, 7) is 2.88. The normalized spacial score (nSPS) is 19.6. The van der Waals surface area contributed by atoms with Crippen LogP contribution >= 0.6 is 12.4 Å². The second kappa shape index (κ2) is 8.20. The molecule has 0 bridgehead atoms. The van der Waals surface area contributed by atoms with Crippen molar-refractivity contribution in [3.05, 3.63) is 30.1 Å². The van der Waals surface area contributed by atoms with E-state index in [0.717, 1.165) is 25.8 Å². The molecule has 2 atom stereocenters. The fourth-order valence-corrected chi connectivity index (χ4v) is 2.56. The van der Waals surface area contributed by atoms with Crippen molar-refractivity contribution < 1.29 is 13.9 Å². The number of rotatable bonds is 4. The van der Waals surface area contributed by atoms with Crippen molar-refractivity contribution in [2.75, 3.05) is 13.1 Å². The third kappa shape index (κ3) is 4.58. The quantitative estimate of drug-likeness (QED) is 0.927. The van der Waals surface area contributed by atoms with Crippen LogP contribution in [0.5, 0.6) is 5.75 Å². The molecule has 118 valence electrons. The summed E-state index contributed by atoms with van der Waals surface area (Å²) in [6, 6.07) is 5.92. The summed E-state index contributed by atoms with van der Waals surface area (Å²) < 4.78 is 18.6. The maximum Gasteiger partial charge on any atom is 0.263 e. The van der Waals surface area contributed by atoms with E-state index in [1.165, 1.54) is 12.1 Å². The molecule has 4 nitrogen and oxygen atoms in total. The van der Waals surface area contributed by atoms with E-state index in [-0.39, 0.29) is 30.2 Å². The highest BCUT2D eigenvalue weighted by Gasteiger charge is 2.29. The minimum Gasteiger partial charge on any atom is -0.481 e. The van der Waals surface area contributed by atoms with E-state index in [0.29, 0.717) is 12.3 Å². The first-order chi connectivity index (χ1) is 9.61. The third-order valence-electron chi connectivity index (χ3n) is 3.64. The number of carbonyl (C=O) groups excluding carboxylic acids is 1. The van der Waals surface area contributed by atoms with Crippen LogP contribution in [-0.2, 0) is 4.79 Å². The predicted octanol–water partition coefficient (Wildman–Crippen LogP) is 2.35. The van der Waals surface area contributed by atoms with Gasteiger partial charge in [-0.05, 0) is 38.3 Å². The van der Waals surface area contributed by atoms with Gasteiger partial charge in [-0.3, -0.25) is 4.79 Å². The van der Waals surface area contributed by atoms with Crippen molar-refractivity contribution in [1.82, 2.24) is 4.90 Å². The SMILES string of the molecule is CC(Oc1cccc(F)c1)C(=O)N1CCCCC1CN.Cl. The Kier molecular flexibility index (Phi) is 6.92. The molecule has 2 N–H and O–H groups in total. The topological polar surface area (TPSA) is 55.6 Å².